The Morgan fingerprint density at radius 2 is 2.19 bits per heavy atom. The average molecular weight is 482 g/mol. The van der Waals surface area contributed by atoms with Crippen LogP contribution in [0.25, 0.3) is 0 Å². The predicted octanol–water partition coefficient (Wildman–Crippen LogP) is 2.77. The molecule has 2 unspecified atom stereocenters. The van der Waals surface area contributed by atoms with Crippen molar-refractivity contribution in [1.29, 1.82) is 0 Å². The Bertz CT molecular complexity index is 805. The van der Waals surface area contributed by atoms with Crippen LogP contribution in [0.15, 0.2) is 29.3 Å². The number of ether oxygens (including phenoxy) is 1. The van der Waals surface area contributed by atoms with Gasteiger partial charge in [0.1, 0.15) is 17.4 Å². The molecule has 4 rings (SSSR count). The van der Waals surface area contributed by atoms with Crippen molar-refractivity contribution in [3.8, 4) is 5.75 Å². The van der Waals surface area contributed by atoms with Crippen LogP contribution in [0.4, 0.5) is 0 Å². The van der Waals surface area contributed by atoms with Gasteiger partial charge in [0.05, 0.1) is 12.6 Å². The van der Waals surface area contributed by atoms with Crippen molar-refractivity contribution >= 4 is 29.9 Å². The maximum Gasteiger partial charge on any atom is 0.191 e. The van der Waals surface area contributed by atoms with E-state index in [1.807, 2.05) is 30.8 Å². The van der Waals surface area contributed by atoms with Crippen molar-refractivity contribution in [1.82, 2.24) is 25.4 Å². The summed E-state index contributed by atoms with van der Waals surface area (Å²) in [5.41, 5.74) is 1.27. The van der Waals surface area contributed by atoms with E-state index in [-0.39, 0.29) is 30.0 Å². The number of hydrogen-bond donors (Lipinski definition) is 2. The van der Waals surface area contributed by atoms with Crippen molar-refractivity contribution in [2.24, 2.45) is 4.99 Å². The standard InChI is InChI=1S/C19H26N6O.HI/c1-13-22-18-16(7-5-10-25(18)24-13)23-19(20-2)21-12-14-9-11-26-17-8-4-3-6-15(14)17;/h3-4,6,8,14,16H,5,7,9-12H2,1-2H3,(H2,20,21,23);1H. The van der Waals surface area contributed by atoms with Gasteiger partial charge in [0.15, 0.2) is 5.96 Å². The summed E-state index contributed by atoms with van der Waals surface area (Å²) in [5.74, 6) is 4.08. The third-order valence-corrected chi connectivity index (χ3v) is 5.11. The lowest BCUT2D eigenvalue weighted by molar-refractivity contribution is 0.267. The number of fused-ring (bicyclic) bond motifs is 2. The van der Waals surface area contributed by atoms with E-state index in [2.05, 4.69) is 37.8 Å². The summed E-state index contributed by atoms with van der Waals surface area (Å²) in [6.07, 6.45) is 3.15. The molecule has 2 aliphatic rings. The molecule has 8 heteroatoms. The third kappa shape index (κ3) is 4.36. The van der Waals surface area contributed by atoms with Gasteiger partial charge < -0.3 is 15.4 Å². The molecule has 27 heavy (non-hydrogen) atoms. The summed E-state index contributed by atoms with van der Waals surface area (Å²) in [7, 11) is 1.81. The first kappa shape index (κ1) is 19.9. The van der Waals surface area contributed by atoms with E-state index in [1.54, 1.807) is 0 Å². The highest BCUT2D eigenvalue weighted by atomic mass is 127. The highest BCUT2D eigenvalue weighted by molar-refractivity contribution is 14.0. The van der Waals surface area contributed by atoms with Crippen molar-refractivity contribution in [2.45, 2.75) is 44.7 Å². The molecule has 0 fully saturated rings. The fraction of sp³-hybridized carbons (Fsp3) is 0.526. The lowest BCUT2D eigenvalue weighted by Crippen LogP contribution is -2.43. The SMILES string of the molecule is CN=C(NCC1CCOc2ccccc21)NC1CCCn2nc(C)nc21.I. The van der Waals surface area contributed by atoms with Crippen LogP contribution in [0, 0.1) is 6.92 Å². The molecule has 0 amide bonds. The Morgan fingerprint density at radius 3 is 3.04 bits per heavy atom. The van der Waals surface area contributed by atoms with E-state index in [0.717, 1.165) is 62.3 Å². The molecule has 2 aromatic rings. The Hall–Kier alpha value is -1.84. The highest BCUT2D eigenvalue weighted by Gasteiger charge is 2.25. The number of aromatic nitrogens is 3. The number of nitrogens with zero attached hydrogens (tertiary/aromatic N) is 4. The molecule has 2 N–H and O–H groups in total. The van der Waals surface area contributed by atoms with E-state index in [0.29, 0.717) is 5.92 Å². The van der Waals surface area contributed by atoms with Gasteiger partial charge in [-0.25, -0.2) is 9.67 Å². The third-order valence-electron chi connectivity index (χ3n) is 5.11. The fourth-order valence-corrected chi connectivity index (χ4v) is 3.81. The van der Waals surface area contributed by atoms with Crippen LogP contribution in [0.5, 0.6) is 5.75 Å². The molecule has 0 radical (unpaired) electrons. The van der Waals surface area contributed by atoms with Crippen LogP contribution in [-0.2, 0) is 6.54 Å². The number of para-hydroxylation sites is 1. The molecule has 0 saturated carbocycles. The summed E-state index contributed by atoms with van der Waals surface area (Å²) in [6.45, 7) is 4.48. The smallest absolute Gasteiger partial charge is 0.191 e. The molecule has 1 aromatic heterocycles. The van der Waals surface area contributed by atoms with Crippen molar-refractivity contribution in [3.63, 3.8) is 0 Å². The second-order valence-electron chi connectivity index (χ2n) is 6.90. The van der Waals surface area contributed by atoms with E-state index in [9.17, 15) is 0 Å². The molecule has 3 heterocycles. The molecule has 0 spiro atoms. The second-order valence-corrected chi connectivity index (χ2v) is 6.90. The Morgan fingerprint density at radius 1 is 1.33 bits per heavy atom. The summed E-state index contributed by atoms with van der Waals surface area (Å²) in [4.78, 5) is 9.00. The maximum atomic E-state index is 5.76. The molecule has 0 aliphatic carbocycles. The first-order chi connectivity index (χ1) is 12.7. The van der Waals surface area contributed by atoms with Gasteiger partial charge in [0, 0.05) is 26.1 Å². The fourth-order valence-electron chi connectivity index (χ4n) is 3.81. The van der Waals surface area contributed by atoms with Crippen molar-refractivity contribution < 1.29 is 4.74 Å². The molecule has 2 aliphatic heterocycles. The zero-order valence-corrected chi connectivity index (χ0v) is 18.1. The van der Waals surface area contributed by atoms with Gasteiger partial charge in [-0.2, -0.15) is 5.10 Å². The minimum absolute atomic E-state index is 0. The highest BCUT2D eigenvalue weighted by Crippen LogP contribution is 2.32. The Labute approximate surface area is 177 Å². The number of aryl methyl sites for hydroxylation is 2. The molecule has 0 bridgehead atoms. The topological polar surface area (TPSA) is 76.4 Å². The minimum atomic E-state index is 0. The van der Waals surface area contributed by atoms with E-state index >= 15 is 0 Å². The van der Waals surface area contributed by atoms with Crippen LogP contribution < -0.4 is 15.4 Å². The van der Waals surface area contributed by atoms with Crippen LogP contribution in [-0.4, -0.2) is 40.9 Å². The number of aliphatic imine (C=N–C) groups is 1. The summed E-state index contributed by atoms with van der Waals surface area (Å²) in [5, 5.41) is 11.5. The minimum Gasteiger partial charge on any atom is -0.493 e. The Kier molecular flexibility index (Phi) is 6.56. The first-order valence-electron chi connectivity index (χ1n) is 9.35. The predicted molar refractivity (Wildman–Crippen MR) is 116 cm³/mol. The number of hydrogen-bond acceptors (Lipinski definition) is 4. The summed E-state index contributed by atoms with van der Waals surface area (Å²) >= 11 is 0. The molecular formula is C19H27IN6O. The molecule has 1 aromatic carbocycles. The van der Waals surface area contributed by atoms with Crippen molar-refractivity contribution in [3.05, 3.63) is 41.5 Å². The van der Waals surface area contributed by atoms with Crippen LogP contribution in [0.2, 0.25) is 0 Å². The van der Waals surface area contributed by atoms with Crippen molar-refractivity contribution in [2.75, 3.05) is 20.2 Å². The molecule has 146 valence electrons. The number of halogens is 1. The van der Waals surface area contributed by atoms with Crippen LogP contribution in [0.3, 0.4) is 0 Å². The maximum absolute atomic E-state index is 5.76. The number of benzene rings is 1. The van der Waals surface area contributed by atoms with Gasteiger partial charge >= 0.3 is 0 Å². The first-order valence-corrected chi connectivity index (χ1v) is 9.35. The molecule has 2 atom stereocenters. The number of guanidine groups is 1. The summed E-state index contributed by atoms with van der Waals surface area (Å²) < 4.78 is 7.77. The lowest BCUT2D eigenvalue weighted by atomic mass is 9.93. The quantitative estimate of drug-likeness (QED) is 0.400. The van der Waals surface area contributed by atoms with Gasteiger partial charge in [-0.05, 0) is 37.8 Å². The number of rotatable bonds is 3. The zero-order valence-electron chi connectivity index (χ0n) is 15.8. The second kappa shape index (κ2) is 8.90. The lowest BCUT2D eigenvalue weighted by Gasteiger charge is -2.28. The largest absolute Gasteiger partial charge is 0.493 e. The normalized spacial score (nSPS) is 21.3. The van der Waals surface area contributed by atoms with E-state index in [4.69, 9.17) is 4.74 Å². The molecule has 7 nitrogen and oxygen atoms in total. The van der Waals surface area contributed by atoms with Crippen LogP contribution >= 0.6 is 24.0 Å². The van der Waals surface area contributed by atoms with Gasteiger partial charge in [-0.1, -0.05) is 18.2 Å². The summed E-state index contributed by atoms with van der Waals surface area (Å²) in [6, 6.07) is 8.45. The average Bonchev–Trinajstić information content (AvgIpc) is 3.06. The monoisotopic (exact) mass is 482 g/mol. The van der Waals surface area contributed by atoms with Gasteiger partial charge in [0.2, 0.25) is 0 Å². The number of nitrogens with one attached hydrogen (secondary N) is 2. The Balaban J connectivity index is 0.00000210. The van der Waals surface area contributed by atoms with E-state index < -0.39 is 0 Å². The van der Waals surface area contributed by atoms with Gasteiger partial charge in [0.25, 0.3) is 0 Å². The van der Waals surface area contributed by atoms with Gasteiger partial charge in [-0.3, -0.25) is 4.99 Å². The van der Waals surface area contributed by atoms with Gasteiger partial charge in [-0.15, -0.1) is 24.0 Å². The van der Waals surface area contributed by atoms with E-state index in [1.165, 1.54) is 5.56 Å². The van der Waals surface area contributed by atoms with Crippen LogP contribution in [0.1, 0.15) is 48.4 Å². The molecule has 0 saturated heterocycles. The molecular weight excluding hydrogens is 455 g/mol. The zero-order chi connectivity index (χ0) is 17.9.